The number of fused-ring (bicyclic) bond motifs is 7. The molecule has 232 valence electrons. The number of hydrogen-bond donors (Lipinski definition) is 1. The van der Waals surface area contributed by atoms with Crippen molar-refractivity contribution in [2.75, 3.05) is 0 Å². The van der Waals surface area contributed by atoms with Gasteiger partial charge in [0.15, 0.2) is 0 Å². The molecule has 0 spiro atoms. The van der Waals surface area contributed by atoms with Gasteiger partial charge >= 0.3 is 5.97 Å². The standard InChI is InChI=1S/C36H52O5S/c1-23-15-20-36(31(37)38)22-21-34(6)26(30(36)24(23)2)13-14-28-33(5)18-17-29(32(3,4)27(33)16-19-35(28,34)7)41-42(39,40)25-11-9-8-10-12-25/h8-13,23-24,27-30H,14-22H2,1-7H3,(H,37,38)/t23-,24-,27?,28?,29-,30-,33-,34-,35+,36-/m0/s1. The maximum Gasteiger partial charge on any atom is 0.310 e. The van der Waals surface area contributed by atoms with Gasteiger partial charge in [0.05, 0.1) is 16.4 Å². The molecule has 0 radical (unpaired) electrons. The Balaban J connectivity index is 1.34. The second-order valence-corrected chi connectivity index (χ2v) is 17.9. The molecule has 6 rings (SSSR count). The first kappa shape index (κ1) is 30.4. The highest BCUT2D eigenvalue weighted by Crippen LogP contribution is 2.76. The largest absolute Gasteiger partial charge is 0.481 e. The summed E-state index contributed by atoms with van der Waals surface area (Å²) in [6, 6.07) is 8.54. The van der Waals surface area contributed by atoms with Crippen molar-refractivity contribution in [3.05, 3.63) is 42.0 Å². The zero-order valence-electron chi connectivity index (χ0n) is 26.8. The molecule has 0 bridgehead atoms. The summed E-state index contributed by atoms with van der Waals surface area (Å²) in [5, 5.41) is 10.6. The summed E-state index contributed by atoms with van der Waals surface area (Å²) in [5.41, 5.74) is 0.661. The molecule has 1 aromatic rings. The van der Waals surface area contributed by atoms with Gasteiger partial charge in [0.25, 0.3) is 10.1 Å². The molecule has 1 N–H and O–H groups in total. The first-order chi connectivity index (χ1) is 19.5. The Morgan fingerprint density at radius 1 is 0.881 bits per heavy atom. The van der Waals surface area contributed by atoms with E-state index in [1.54, 1.807) is 24.3 Å². The van der Waals surface area contributed by atoms with E-state index in [1.807, 2.05) is 6.07 Å². The quantitative estimate of drug-likeness (QED) is 0.278. The van der Waals surface area contributed by atoms with Crippen LogP contribution in [0.2, 0.25) is 0 Å². The van der Waals surface area contributed by atoms with E-state index in [1.165, 1.54) is 5.57 Å². The third-order valence-corrected chi connectivity index (χ3v) is 16.0. The number of hydrogen-bond acceptors (Lipinski definition) is 4. The van der Waals surface area contributed by atoms with Crippen molar-refractivity contribution in [2.45, 2.75) is 117 Å². The van der Waals surface area contributed by atoms with Gasteiger partial charge in [-0.25, -0.2) is 0 Å². The van der Waals surface area contributed by atoms with Crippen molar-refractivity contribution in [1.29, 1.82) is 0 Å². The molecule has 42 heavy (non-hydrogen) atoms. The van der Waals surface area contributed by atoms with E-state index in [-0.39, 0.29) is 38.6 Å². The Bertz CT molecular complexity index is 1380. The Morgan fingerprint density at radius 3 is 2.24 bits per heavy atom. The number of carboxylic acid groups (broad SMARTS) is 1. The molecule has 0 heterocycles. The lowest BCUT2D eigenvalue weighted by Crippen LogP contribution is -2.65. The van der Waals surface area contributed by atoms with Gasteiger partial charge in [-0.15, -0.1) is 0 Å². The molecule has 2 unspecified atom stereocenters. The van der Waals surface area contributed by atoms with Crippen molar-refractivity contribution in [2.24, 2.45) is 56.7 Å². The first-order valence-electron chi connectivity index (χ1n) is 16.5. The number of carboxylic acids is 1. The normalized spacial score (nSPS) is 46.3. The van der Waals surface area contributed by atoms with Crippen molar-refractivity contribution < 1.29 is 22.5 Å². The van der Waals surface area contributed by atoms with E-state index < -0.39 is 21.5 Å². The molecule has 1 aromatic carbocycles. The number of allylic oxidation sites excluding steroid dienone is 2. The van der Waals surface area contributed by atoms with Crippen LogP contribution in [0.15, 0.2) is 46.9 Å². The Hall–Kier alpha value is -1.66. The molecule has 5 aliphatic carbocycles. The van der Waals surface area contributed by atoms with Crippen molar-refractivity contribution >= 4 is 16.1 Å². The van der Waals surface area contributed by atoms with Crippen LogP contribution in [-0.2, 0) is 19.1 Å². The summed E-state index contributed by atoms with van der Waals surface area (Å²) >= 11 is 0. The molecular formula is C36H52O5S. The SMILES string of the molecule is C[C@@H]1[C@H]2C3=CCC4[C@@]5(C)CC[C@H](OS(=O)(=O)c6ccccc6)C(C)(C)C5CC[C@@]4(C)[C@@]3(C)CC[C@@]2(C(=O)O)CC[C@@H]1C. The average molecular weight is 597 g/mol. The predicted molar refractivity (Wildman–Crippen MR) is 165 cm³/mol. The van der Waals surface area contributed by atoms with Gasteiger partial charge in [-0.2, -0.15) is 8.42 Å². The Labute approximate surface area is 254 Å². The van der Waals surface area contributed by atoms with Crippen LogP contribution in [0.4, 0.5) is 0 Å². The van der Waals surface area contributed by atoms with Crippen LogP contribution in [0, 0.1) is 56.7 Å². The number of aliphatic carboxylic acids is 1. The van der Waals surface area contributed by atoms with E-state index in [0.29, 0.717) is 23.7 Å². The highest BCUT2D eigenvalue weighted by atomic mass is 32.2. The summed E-state index contributed by atoms with van der Waals surface area (Å²) < 4.78 is 32.6. The zero-order valence-corrected chi connectivity index (χ0v) is 27.6. The van der Waals surface area contributed by atoms with Crippen molar-refractivity contribution in [3.8, 4) is 0 Å². The smallest absolute Gasteiger partial charge is 0.310 e. The summed E-state index contributed by atoms with van der Waals surface area (Å²) in [6.07, 6.45) is 10.5. The molecule has 0 aliphatic heterocycles. The van der Waals surface area contributed by atoms with Crippen LogP contribution >= 0.6 is 0 Å². The highest BCUT2D eigenvalue weighted by Gasteiger charge is 2.69. The molecule has 0 saturated heterocycles. The van der Waals surface area contributed by atoms with Gasteiger partial charge in [0.1, 0.15) is 0 Å². The lowest BCUT2D eigenvalue weighted by molar-refractivity contribution is -0.203. The van der Waals surface area contributed by atoms with Crippen LogP contribution < -0.4 is 0 Å². The van der Waals surface area contributed by atoms with Gasteiger partial charge in [0.2, 0.25) is 0 Å². The topological polar surface area (TPSA) is 80.7 Å². The number of carbonyl (C=O) groups is 1. The van der Waals surface area contributed by atoms with Gasteiger partial charge in [0, 0.05) is 0 Å². The van der Waals surface area contributed by atoms with E-state index in [2.05, 4.69) is 54.5 Å². The number of rotatable bonds is 4. The van der Waals surface area contributed by atoms with Crippen molar-refractivity contribution in [1.82, 2.24) is 0 Å². The predicted octanol–water partition coefficient (Wildman–Crippen LogP) is 8.50. The molecule has 0 amide bonds. The fourth-order valence-electron chi connectivity index (χ4n) is 11.8. The minimum atomic E-state index is -3.84. The molecule has 4 saturated carbocycles. The van der Waals surface area contributed by atoms with E-state index in [0.717, 1.165) is 57.8 Å². The molecule has 4 fully saturated rings. The molecule has 5 aliphatic rings. The second-order valence-electron chi connectivity index (χ2n) is 16.3. The highest BCUT2D eigenvalue weighted by molar-refractivity contribution is 7.86. The summed E-state index contributed by atoms with van der Waals surface area (Å²) in [7, 11) is -3.84. The van der Waals surface area contributed by atoms with Crippen LogP contribution in [0.5, 0.6) is 0 Å². The van der Waals surface area contributed by atoms with Gasteiger partial charge < -0.3 is 5.11 Å². The van der Waals surface area contributed by atoms with Gasteiger partial charge in [-0.1, -0.05) is 78.3 Å². The van der Waals surface area contributed by atoms with Crippen LogP contribution in [-0.4, -0.2) is 25.6 Å². The first-order valence-corrected chi connectivity index (χ1v) is 17.9. The minimum absolute atomic E-state index is 0.0209. The van der Waals surface area contributed by atoms with E-state index in [4.69, 9.17) is 4.18 Å². The maximum absolute atomic E-state index is 13.3. The summed E-state index contributed by atoms with van der Waals surface area (Å²) in [4.78, 5) is 13.2. The molecular weight excluding hydrogens is 544 g/mol. The minimum Gasteiger partial charge on any atom is -0.481 e. The fourth-order valence-corrected chi connectivity index (χ4v) is 13.1. The van der Waals surface area contributed by atoms with Crippen LogP contribution in [0.3, 0.4) is 0 Å². The molecule has 0 aromatic heterocycles. The monoisotopic (exact) mass is 596 g/mol. The van der Waals surface area contributed by atoms with Crippen molar-refractivity contribution in [3.63, 3.8) is 0 Å². The molecule has 10 atom stereocenters. The maximum atomic E-state index is 13.3. The van der Waals surface area contributed by atoms with Gasteiger partial charge in [-0.3, -0.25) is 8.98 Å². The van der Waals surface area contributed by atoms with Gasteiger partial charge in [-0.05, 0) is 121 Å². The third kappa shape index (κ3) is 3.95. The average Bonchev–Trinajstić information content (AvgIpc) is 2.93. The Morgan fingerprint density at radius 2 is 1.57 bits per heavy atom. The molecule has 6 heteroatoms. The van der Waals surface area contributed by atoms with E-state index >= 15 is 0 Å². The molecule has 5 nitrogen and oxygen atoms in total. The summed E-state index contributed by atoms with van der Waals surface area (Å²) in [6.45, 7) is 16.6. The Kier molecular flexibility index (Phi) is 6.99. The third-order valence-electron chi connectivity index (χ3n) is 14.6. The van der Waals surface area contributed by atoms with Crippen LogP contribution in [0.25, 0.3) is 0 Å². The fraction of sp³-hybridized carbons (Fsp3) is 0.750. The lowest BCUT2D eigenvalue weighted by atomic mass is 9.33. The number of benzene rings is 1. The van der Waals surface area contributed by atoms with E-state index in [9.17, 15) is 18.3 Å². The lowest BCUT2D eigenvalue weighted by Gasteiger charge is -2.71. The van der Waals surface area contributed by atoms with Crippen LogP contribution in [0.1, 0.15) is 106 Å². The second kappa shape index (κ2) is 9.67. The zero-order chi connectivity index (χ0) is 30.5. The summed E-state index contributed by atoms with van der Waals surface area (Å²) in [5.74, 6) is 1.25.